The third-order valence-electron chi connectivity index (χ3n) is 12.4. The highest BCUT2D eigenvalue weighted by molar-refractivity contribution is 5.71. The highest BCUT2D eigenvalue weighted by atomic mass is 16.6. The van der Waals surface area contributed by atoms with Gasteiger partial charge in [0.2, 0.25) is 0 Å². The van der Waals surface area contributed by atoms with E-state index in [4.69, 9.17) is 14.2 Å². The van der Waals surface area contributed by atoms with Crippen molar-refractivity contribution in [3.05, 3.63) is 219 Å². The summed E-state index contributed by atoms with van der Waals surface area (Å²) in [5.74, 6) is -1.10. The van der Waals surface area contributed by atoms with Gasteiger partial charge in [-0.25, -0.2) is 0 Å². The van der Waals surface area contributed by atoms with Crippen LogP contribution in [0.25, 0.3) is 0 Å². The largest absolute Gasteiger partial charge is 0.462 e. The average Bonchev–Trinajstić information content (AvgIpc) is 3.49. The molecule has 0 rings (SSSR count). The molecule has 0 saturated carbocycles. The number of carbonyl (C=O) groups is 3. The van der Waals surface area contributed by atoms with Gasteiger partial charge in [0.25, 0.3) is 0 Å². The van der Waals surface area contributed by atoms with E-state index in [2.05, 4.69) is 227 Å². The molecule has 0 amide bonds. The number of allylic oxidation sites excluding steroid dienone is 36. The second kappa shape index (κ2) is 68.2. The Bertz CT molecular complexity index is 2080. The summed E-state index contributed by atoms with van der Waals surface area (Å²) in [5.41, 5.74) is 0. The van der Waals surface area contributed by atoms with Crippen molar-refractivity contribution in [1.29, 1.82) is 0 Å². The van der Waals surface area contributed by atoms with Crippen LogP contribution in [0.15, 0.2) is 219 Å². The SMILES string of the molecule is CC/C=C\C/C=C\C/C=C\C/C=C\C/C=C\C/C=C\C/C=C\C/C=C\C/C=C\C/C=C\CCCCC(=O)OCC(COC(=O)CCCCCCC/C=C\C/C=C\CCC)OC(=O)CC/C=C\C/C=C\C/C=C\C/C=C\C/C=C\C/C=C\CC. The molecular formula is C77H114O6. The van der Waals surface area contributed by atoms with Gasteiger partial charge in [0.1, 0.15) is 13.2 Å². The first-order chi connectivity index (χ1) is 41.0. The number of hydrogen-bond donors (Lipinski definition) is 0. The molecule has 0 bridgehead atoms. The summed E-state index contributed by atoms with van der Waals surface area (Å²) < 4.78 is 16.8. The summed E-state index contributed by atoms with van der Waals surface area (Å²) in [5, 5.41) is 0. The Balaban J connectivity index is 4.52. The Kier molecular flexibility index (Phi) is 63.1. The van der Waals surface area contributed by atoms with E-state index >= 15 is 0 Å². The maximum atomic E-state index is 12.9. The molecule has 0 aliphatic carbocycles. The Hall–Kier alpha value is -6.27. The summed E-state index contributed by atoms with van der Waals surface area (Å²) in [6, 6.07) is 0. The molecule has 1 atom stereocenters. The van der Waals surface area contributed by atoms with Gasteiger partial charge in [0, 0.05) is 19.3 Å². The van der Waals surface area contributed by atoms with Gasteiger partial charge in [-0.2, -0.15) is 0 Å². The number of hydrogen-bond acceptors (Lipinski definition) is 6. The Morgan fingerprint density at radius 1 is 0.253 bits per heavy atom. The Labute approximate surface area is 508 Å². The molecule has 0 aliphatic heterocycles. The molecule has 0 fully saturated rings. The van der Waals surface area contributed by atoms with Crippen LogP contribution in [0.1, 0.15) is 226 Å². The summed E-state index contributed by atoms with van der Waals surface area (Å²) in [4.78, 5) is 38.2. The molecule has 458 valence electrons. The first kappa shape index (κ1) is 76.7. The molecule has 0 saturated heterocycles. The van der Waals surface area contributed by atoms with E-state index in [1.54, 1.807) is 0 Å². The monoisotopic (exact) mass is 1130 g/mol. The number of esters is 3. The van der Waals surface area contributed by atoms with Gasteiger partial charge in [0.15, 0.2) is 6.10 Å². The van der Waals surface area contributed by atoms with Gasteiger partial charge in [-0.1, -0.05) is 265 Å². The van der Waals surface area contributed by atoms with E-state index in [1.165, 1.54) is 6.42 Å². The fourth-order valence-electron chi connectivity index (χ4n) is 7.71. The lowest BCUT2D eigenvalue weighted by Crippen LogP contribution is -2.30. The van der Waals surface area contributed by atoms with Gasteiger partial charge in [-0.15, -0.1) is 0 Å². The number of rotatable bonds is 55. The summed E-state index contributed by atoms with van der Waals surface area (Å²) in [6.45, 7) is 6.21. The van der Waals surface area contributed by atoms with Crippen LogP contribution < -0.4 is 0 Å². The average molecular weight is 1140 g/mol. The van der Waals surface area contributed by atoms with Crippen LogP contribution in [0.4, 0.5) is 0 Å². The summed E-state index contributed by atoms with van der Waals surface area (Å²) >= 11 is 0. The molecule has 0 aromatic rings. The first-order valence-electron chi connectivity index (χ1n) is 32.2. The lowest BCUT2D eigenvalue weighted by atomic mass is 10.1. The van der Waals surface area contributed by atoms with Gasteiger partial charge >= 0.3 is 17.9 Å². The molecule has 6 heteroatoms. The fourth-order valence-corrected chi connectivity index (χ4v) is 7.71. The van der Waals surface area contributed by atoms with E-state index in [0.29, 0.717) is 19.3 Å². The molecule has 0 aromatic heterocycles. The highest BCUT2D eigenvalue weighted by Crippen LogP contribution is 2.11. The van der Waals surface area contributed by atoms with Crippen molar-refractivity contribution in [3.8, 4) is 0 Å². The Morgan fingerprint density at radius 2 is 0.494 bits per heavy atom. The van der Waals surface area contributed by atoms with Crippen LogP contribution >= 0.6 is 0 Å². The lowest BCUT2D eigenvalue weighted by molar-refractivity contribution is -0.166. The standard InChI is InChI=1S/C77H114O6/c1-4-7-10-13-16-19-22-25-27-29-31-32-33-34-35-36-37-38-39-40-41-42-43-44-46-47-49-52-55-58-61-64-67-70-76(79)82-73-74(72-81-75(78)69-66-63-60-57-54-51-24-21-18-15-12-9-6-3)83-77(80)71-68-65-62-59-56-53-50-48-45-30-28-26-23-20-17-14-11-8-5-2/h7-8,10-12,15-17,19-21,24-28,31-32,34-35,37-38,40-41,43-45,47-49,53,55-56,58,62,65,74H,4-6,9,13-14,18,22-23,29-30,33,36,39,42,46,50-52,54,57,59-61,63-64,66-73H2,1-3H3/b10-7-,11-8-,15-12-,19-16-,20-17-,24-21-,27-25-,28-26-,32-31-,35-34-,38-37-,41-40-,44-43-,48-45-,49-47-,56-53-,58-55-,65-62-. The van der Waals surface area contributed by atoms with E-state index < -0.39 is 12.1 Å². The predicted molar refractivity (Wildman–Crippen MR) is 361 cm³/mol. The van der Waals surface area contributed by atoms with E-state index in [1.807, 2.05) is 12.2 Å². The van der Waals surface area contributed by atoms with E-state index in [-0.39, 0.29) is 38.0 Å². The van der Waals surface area contributed by atoms with Gasteiger partial charge in [-0.05, 0) is 161 Å². The minimum Gasteiger partial charge on any atom is -0.462 e. The van der Waals surface area contributed by atoms with Crippen LogP contribution in [0.5, 0.6) is 0 Å². The maximum absolute atomic E-state index is 12.9. The molecule has 83 heavy (non-hydrogen) atoms. The van der Waals surface area contributed by atoms with Crippen molar-refractivity contribution in [2.45, 2.75) is 232 Å². The molecule has 0 heterocycles. The van der Waals surface area contributed by atoms with Gasteiger partial charge < -0.3 is 14.2 Å². The van der Waals surface area contributed by atoms with Crippen LogP contribution in [0.2, 0.25) is 0 Å². The van der Waals surface area contributed by atoms with Crippen LogP contribution in [0, 0.1) is 0 Å². The van der Waals surface area contributed by atoms with Crippen LogP contribution in [0.3, 0.4) is 0 Å². The van der Waals surface area contributed by atoms with Crippen LogP contribution in [-0.4, -0.2) is 37.2 Å². The first-order valence-corrected chi connectivity index (χ1v) is 32.2. The molecule has 0 spiro atoms. The Morgan fingerprint density at radius 3 is 0.807 bits per heavy atom. The van der Waals surface area contributed by atoms with Crippen molar-refractivity contribution in [3.63, 3.8) is 0 Å². The minimum atomic E-state index is -0.858. The van der Waals surface area contributed by atoms with Crippen molar-refractivity contribution < 1.29 is 28.6 Å². The fraction of sp³-hybridized carbons (Fsp3) is 0.494. The quantitative estimate of drug-likeness (QED) is 0.0261. The molecule has 6 nitrogen and oxygen atoms in total. The second-order valence-corrected chi connectivity index (χ2v) is 20.2. The second-order valence-electron chi connectivity index (χ2n) is 20.2. The van der Waals surface area contributed by atoms with Crippen molar-refractivity contribution >= 4 is 17.9 Å². The maximum Gasteiger partial charge on any atom is 0.306 e. The van der Waals surface area contributed by atoms with E-state index in [0.717, 1.165) is 167 Å². The minimum absolute atomic E-state index is 0.142. The summed E-state index contributed by atoms with van der Waals surface area (Å²) in [7, 11) is 0. The smallest absolute Gasteiger partial charge is 0.306 e. The topological polar surface area (TPSA) is 78.9 Å². The lowest BCUT2D eigenvalue weighted by Gasteiger charge is -2.18. The molecular weight excluding hydrogens is 1020 g/mol. The van der Waals surface area contributed by atoms with Gasteiger partial charge in [0.05, 0.1) is 0 Å². The normalized spacial score (nSPS) is 13.6. The molecule has 0 aromatic carbocycles. The zero-order chi connectivity index (χ0) is 59.9. The van der Waals surface area contributed by atoms with Crippen molar-refractivity contribution in [1.82, 2.24) is 0 Å². The third kappa shape index (κ3) is 66.4. The molecule has 0 aliphatic rings. The van der Waals surface area contributed by atoms with Crippen molar-refractivity contribution in [2.75, 3.05) is 13.2 Å². The van der Waals surface area contributed by atoms with Gasteiger partial charge in [-0.3, -0.25) is 14.4 Å². The number of ether oxygens (including phenoxy) is 3. The molecule has 0 radical (unpaired) electrons. The third-order valence-corrected chi connectivity index (χ3v) is 12.4. The zero-order valence-electron chi connectivity index (χ0n) is 52.4. The molecule has 1 unspecified atom stereocenters. The van der Waals surface area contributed by atoms with Crippen molar-refractivity contribution in [2.24, 2.45) is 0 Å². The molecule has 0 N–H and O–H groups in total. The number of unbranched alkanes of at least 4 members (excludes halogenated alkanes) is 8. The predicted octanol–water partition coefficient (Wildman–Crippen LogP) is 22.5. The van der Waals surface area contributed by atoms with Crippen LogP contribution in [-0.2, 0) is 28.6 Å². The van der Waals surface area contributed by atoms with E-state index in [9.17, 15) is 14.4 Å². The number of carbonyl (C=O) groups excluding carboxylic acids is 3. The highest BCUT2D eigenvalue weighted by Gasteiger charge is 2.19. The summed E-state index contributed by atoms with van der Waals surface area (Å²) in [6.07, 6.45) is 107. The zero-order valence-corrected chi connectivity index (χ0v) is 52.4.